The lowest BCUT2D eigenvalue weighted by Crippen LogP contribution is -2.34. The van der Waals surface area contributed by atoms with E-state index in [-0.39, 0.29) is 17.6 Å². The quantitative estimate of drug-likeness (QED) is 0.842. The molecule has 0 saturated heterocycles. The van der Waals surface area contributed by atoms with Crippen LogP contribution in [0.25, 0.3) is 0 Å². The Balaban J connectivity index is 2.65. The van der Waals surface area contributed by atoms with Crippen molar-refractivity contribution in [2.24, 2.45) is 0 Å². The monoisotopic (exact) mass is 260 g/mol. The van der Waals surface area contributed by atoms with E-state index in [1.54, 1.807) is 0 Å². The molecular weight excluding hydrogens is 251 g/mol. The fourth-order valence-electron chi connectivity index (χ4n) is 0.846. The number of halogens is 2. The second-order valence-corrected chi connectivity index (χ2v) is 3.54. The zero-order valence-corrected chi connectivity index (χ0v) is 9.21. The third-order valence-electron chi connectivity index (χ3n) is 1.57. The van der Waals surface area contributed by atoms with Gasteiger partial charge in [-0.15, -0.1) is 0 Å². The number of pyridine rings is 1. The molecule has 1 unspecified atom stereocenters. The van der Waals surface area contributed by atoms with Crippen LogP contribution in [0.15, 0.2) is 18.3 Å². The lowest BCUT2D eigenvalue weighted by Gasteiger charge is -2.09. The summed E-state index contributed by atoms with van der Waals surface area (Å²) >= 11 is 3.23. The second kappa shape index (κ2) is 5.05. The first-order valence-electron chi connectivity index (χ1n) is 4.12. The second-order valence-electron chi connectivity index (χ2n) is 2.89. The van der Waals surface area contributed by atoms with Gasteiger partial charge in [0, 0.05) is 11.4 Å². The maximum Gasteiger partial charge on any atom is 0.270 e. The standard InChI is InChI=1S/C9H10BrFN2O/c1-6(4-10)13-9(14)8-3-2-7(11)5-12-8/h2-3,5-6H,4H2,1H3,(H,13,14). The molecule has 0 aliphatic rings. The summed E-state index contributed by atoms with van der Waals surface area (Å²) in [7, 11) is 0. The highest BCUT2D eigenvalue weighted by Gasteiger charge is 2.09. The van der Waals surface area contributed by atoms with Crippen LogP contribution in [0.1, 0.15) is 17.4 Å². The molecule has 0 aliphatic carbocycles. The van der Waals surface area contributed by atoms with Crippen molar-refractivity contribution in [3.63, 3.8) is 0 Å². The average Bonchev–Trinajstić information content (AvgIpc) is 2.18. The molecule has 0 fully saturated rings. The molecular formula is C9H10BrFN2O. The van der Waals surface area contributed by atoms with E-state index in [0.717, 1.165) is 6.20 Å². The van der Waals surface area contributed by atoms with E-state index in [4.69, 9.17) is 0 Å². The first kappa shape index (κ1) is 11.1. The number of carbonyl (C=O) groups excluding carboxylic acids is 1. The van der Waals surface area contributed by atoms with Gasteiger partial charge in [-0.05, 0) is 19.1 Å². The van der Waals surface area contributed by atoms with Gasteiger partial charge in [-0.2, -0.15) is 0 Å². The van der Waals surface area contributed by atoms with Gasteiger partial charge in [-0.25, -0.2) is 9.37 Å². The Bertz CT molecular complexity index is 315. The van der Waals surface area contributed by atoms with Crippen molar-refractivity contribution in [3.05, 3.63) is 29.8 Å². The minimum Gasteiger partial charge on any atom is -0.347 e. The van der Waals surface area contributed by atoms with E-state index in [9.17, 15) is 9.18 Å². The van der Waals surface area contributed by atoms with Crippen molar-refractivity contribution in [2.45, 2.75) is 13.0 Å². The van der Waals surface area contributed by atoms with E-state index in [1.165, 1.54) is 12.1 Å². The first-order chi connectivity index (χ1) is 6.63. The first-order valence-corrected chi connectivity index (χ1v) is 5.24. The van der Waals surface area contributed by atoms with Crippen LogP contribution in [0.3, 0.4) is 0 Å². The summed E-state index contributed by atoms with van der Waals surface area (Å²) in [4.78, 5) is 15.1. The largest absolute Gasteiger partial charge is 0.347 e. The van der Waals surface area contributed by atoms with Gasteiger partial charge in [0.05, 0.1) is 6.20 Å². The van der Waals surface area contributed by atoms with Gasteiger partial charge in [-0.3, -0.25) is 4.79 Å². The average molecular weight is 261 g/mol. The van der Waals surface area contributed by atoms with Gasteiger partial charge in [0.25, 0.3) is 5.91 Å². The predicted molar refractivity (Wildman–Crippen MR) is 54.9 cm³/mol. The summed E-state index contributed by atoms with van der Waals surface area (Å²) in [5, 5.41) is 3.36. The smallest absolute Gasteiger partial charge is 0.270 e. The number of amides is 1. The molecule has 1 aromatic rings. The third-order valence-corrected chi connectivity index (χ3v) is 2.54. The molecule has 0 saturated carbocycles. The van der Waals surface area contributed by atoms with Crippen LogP contribution in [0.5, 0.6) is 0 Å². The summed E-state index contributed by atoms with van der Waals surface area (Å²) in [6.07, 6.45) is 1.02. The zero-order valence-electron chi connectivity index (χ0n) is 7.63. The molecule has 1 rings (SSSR count). The lowest BCUT2D eigenvalue weighted by atomic mass is 10.3. The third kappa shape index (κ3) is 3.06. The van der Waals surface area contributed by atoms with Crippen LogP contribution >= 0.6 is 15.9 Å². The van der Waals surface area contributed by atoms with E-state index in [1.807, 2.05) is 6.92 Å². The summed E-state index contributed by atoms with van der Waals surface area (Å²) in [5.74, 6) is -0.743. The molecule has 0 radical (unpaired) electrons. The molecule has 0 aliphatic heterocycles. The summed E-state index contributed by atoms with van der Waals surface area (Å²) in [6.45, 7) is 1.86. The number of nitrogens with one attached hydrogen (secondary N) is 1. The van der Waals surface area contributed by atoms with Crippen LogP contribution in [-0.4, -0.2) is 22.3 Å². The minimum atomic E-state index is -0.449. The van der Waals surface area contributed by atoms with Crippen molar-refractivity contribution in [1.82, 2.24) is 10.3 Å². The Morgan fingerprint density at radius 2 is 2.43 bits per heavy atom. The number of hydrogen-bond donors (Lipinski definition) is 1. The maximum absolute atomic E-state index is 12.5. The number of alkyl halides is 1. The predicted octanol–water partition coefficient (Wildman–Crippen LogP) is 1.73. The minimum absolute atomic E-state index is 0.0225. The Morgan fingerprint density at radius 1 is 1.71 bits per heavy atom. The van der Waals surface area contributed by atoms with Crippen molar-refractivity contribution in [1.29, 1.82) is 0 Å². The highest BCUT2D eigenvalue weighted by Crippen LogP contribution is 1.99. The van der Waals surface area contributed by atoms with Crippen LogP contribution in [0.4, 0.5) is 4.39 Å². The zero-order chi connectivity index (χ0) is 10.6. The Hall–Kier alpha value is -0.970. The van der Waals surface area contributed by atoms with Crippen LogP contribution < -0.4 is 5.32 Å². The molecule has 0 aromatic carbocycles. The number of hydrogen-bond acceptors (Lipinski definition) is 2. The molecule has 1 heterocycles. The number of carbonyl (C=O) groups is 1. The SMILES string of the molecule is CC(CBr)NC(=O)c1ccc(F)cn1. The molecule has 5 heteroatoms. The van der Waals surface area contributed by atoms with Gasteiger partial charge in [0.1, 0.15) is 11.5 Å². The maximum atomic E-state index is 12.5. The lowest BCUT2D eigenvalue weighted by molar-refractivity contribution is 0.0939. The molecule has 0 bridgehead atoms. The van der Waals surface area contributed by atoms with Crippen molar-refractivity contribution in [2.75, 3.05) is 5.33 Å². The molecule has 1 amide bonds. The molecule has 76 valence electrons. The Morgan fingerprint density at radius 3 is 2.93 bits per heavy atom. The molecule has 1 atom stereocenters. The van der Waals surface area contributed by atoms with Crippen molar-refractivity contribution >= 4 is 21.8 Å². The van der Waals surface area contributed by atoms with Crippen molar-refractivity contribution in [3.8, 4) is 0 Å². The summed E-state index contributed by atoms with van der Waals surface area (Å²) in [5.41, 5.74) is 0.221. The Labute approximate surface area is 89.9 Å². The van der Waals surface area contributed by atoms with Gasteiger partial charge >= 0.3 is 0 Å². The highest BCUT2D eigenvalue weighted by atomic mass is 79.9. The fourth-order valence-corrected chi connectivity index (χ4v) is 1.01. The summed E-state index contributed by atoms with van der Waals surface area (Å²) < 4.78 is 12.5. The van der Waals surface area contributed by atoms with Crippen LogP contribution in [0, 0.1) is 5.82 Å². The van der Waals surface area contributed by atoms with Crippen molar-refractivity contribution < 1.29 is 9.18 Å². The van der Waals surface area contributed by atoms with E-state index in [0.29, 0.717) is 5.33 Å². The molecule has 0 spiro atoms. The molecule has 1 N–H and O–H groups in total. The Kier molecular flexibility index (Phi) is 4.00. The normalized spacial score (nSPS) is 12.2. The number of nitrogens with zero attached hydrogens (tertiary/aromatic N) is 1. The fraction of sp³-hybridized carbons (Fsp3) is 0.333. The van der Waals surface area contributed by atoms with E-state index in [2.05, 4.69) is 26.2 Å². The van der Waals surface area contributed by atoms with E-state index >= 15 is 0 Å². The molecule has 14 heavy (non-hydrogen) atoms. The van der Waals surface area contributed by atoms with E-state index < -0.39 is 5.82 Å². The van der Waals surface area contributed by atoms with Gasteiger partial charge in [0.2, 0.25) is 0 Å². The molecule has 1 aromatic heterocycles. The number of aromatic nitrogens is 1. The topological polar surface area (TPSA) is 42.0 Å². The van der Waals surface area contributed by atoms with Gasteiger partial charge < -0.3 is 5.32 Å². The van der Waals surface area contributed by atoms with Crippen LogP contribution in [0.2, 0.25) is 0 Å². The molecule has 3 nitrogen and oxygen atoms in total. The summed E-state index contributed by atoms with van der Waals surface area (Å²) in [6, 6.07) is 2.58. The number of rotatable bonds is 3. The van der Waals surface area contributed by atoms with Crippen LogP contribution in [-0.2, 0) is 0 Å². The van der Waals surface area contributed by atoms with Gasteiger partial charge in [-0.1, -0.05) is 15.9 Å². The highest BCUT2D eigenvalue weighted by molar-refractivity contribution is 9.09. The van der Waals surface area contributed by atoms with Gasteiger partial charge in [0.15, 0.2) is 0 Å².